The Bertz CT molecular complexity index is 451. The zero-order chi connectivity index (χ0) is 13.3. The molecule has 1 heterocycles. The van der Waals surface area contributed by atoms with Crippen molar-refractivity contribution >= 4 is 11.8 Å². The quantitative estimate of drug-likeness (QED) is 0.769. The summed E-state index contributed by atoms with van der Waals surface area (Å²) in [7, 11) is 0. The summed E-state index contributed by atoms with van der Waals surface area (Å²) in [4.78, 5) is 13.7. The van der Waals surface area contributed by atoms with Gasteiger partial charge in [-0.05, 0) is 33.3 Å². The van der Waals surface area contributed by atoms with Crippen LogP contribution in [0.3, 0.4) is 0 Å². The molecule has 0 radical (unpaired) electrons. The van der Waals surface area contributed by atoms with Crippen LogP contribution >= 0.6 is 0 Å². The number of amides is 1. The molecule has 4 heteroatoms. The van der Waals surface area contributed by atoms with Gasteiger partial charge < -0.3 is 9.84 Å². The van der Waals surface area contributed by atoms with Crippen molar-refractivity contribution < 1.29 is 14.6 Å². The third-order valence-electron chi connectivity index (χ3n) is 2.83. The molecule has 2 rings (SSSR count). The van der Waals surface area contributed by atoms with Gasteiger partial charge in [-0.2, -0.15) is 0 Å². The van der Waals surface area contributed by atoms with Gasteiger partial charge in [0.1, 0.15) is 5.60 Å². The number of hydrogen-bond acceptors (Lipinski definition) is 3. The Kier molecular flexibility index (Phi) is 3.30. The topological polar surface area (TPSA) is 49.8 Å². The molecule has 18 heavy (non-hydrogen) atoms. The largest absolute Gasteiger partial charge is 0.443 e. The fourth-order valence-electron chi connectivity index (χ4n) is 2.05. The van der Waals surface area contributed by atoms with E-state index in [1.165, 1.54) is 0 Å². The highest BCUT2D eigenvalue weighted by Gasteiger charge is 2.30. The minimum absolute atomic E-state index is 0.359. The Hall–Kier alpha value is -1.55. The molecule has 0 aliphatic carbocycles. The first-order valence-electron chi connectivity index (χ1n) is 6.16. The second-order valence-corrected chi connectivity index (χ2v) is 5.50. The van der Waals surface area contributed by atoms with Crippen LogP contribution in [-0.2, 0) is 4.74 Å². The summed E-state index contributed by atoms with van der Waals surface area (Å²) in [6, 6.07) is 7.40. The van der Waals surface area contributed by atoms with E-state index in [1.807, 2.05) is 45.0 Å². The third-order valence-corrected chi connectivity index (χ3v) is 2.83. The Morgan fingerprint density at radius 1 is 1.39 bits per heavy atom. The molecule has 0 saturated heterocycles. The average Bonchev–Trinajstić information content (AvgIpc) is 2.27. The minimum Gasteiger partial charge on any atom is -0.443 e. The number of benzene rings is 1. The first-order valence-corrected chi connectivity index (χ1v) is 6.16. The van der Waals surface area contributed by atoms with Gasteiger partial charge in [-0.15, -0.1) is 0 Å². The van der Waals surface area contributed by atoms with Gasteiger partial charge in [0.05, 0.1) is 11.8 Å². The molecular formula is C14H19NO3. The fourth-order valence-corrected chi connectivity index (χ4v) is 2.05. The van der Waals surface area contributed by atoms with E-state index in [0.29, 0.717) is 13.0 Å². The van der Waals surface area contributed by atoms with Gasteiger partial charge in [0.15, 0.2) is 0 Å². The van der Waals surface area contributed by atoms with Crippen molar-refractivity contribution in [1.82, 2.24) is 0 Å². The molecule has 0 aromatic heterocycles. The number of fused-ring (bicyclic) bond motifs is 1. The van der Waals surface area contributed by atoms with Crippen LogP contribution in [0, 0.1) is 0 Å². The molecule has 0 unspecified atom stereocenters. The Labute approximate surface area is 107 Å². The summed E-state index contributed by atoms with van der Waals surface area (Å²) in [6.45, 7) is 6.01. The number of ether oxygens (including phenoxy) is 1. The normalized spacial score (nSPS) is 19.3. The fraction of sp³-hybridized carbons (Fsp3) is 0.500. The standard InChI is InChI=1S/C14H19NO3/c1-14(2,3)18-13(17)15-9-8-12(16)10-6-4-5-7-11(10)15/h4-7,12,16H,8-9H2,1-3H3/t12-/m1/s1. The number of carbonyl (C=O) groups excluding carboxylic acids is 1. The van der Waals surface area contributed by atoms with E-state index in [1.54, 1.807) is 4.90 Å². The number of rotatable bonds is 0. The lowest BCUT2D eigenvalue weighted by molar-refractivity contribution is 0.0565. The maximum absolute atomic E-state index is 12.1. The summed E-state index contributed by atoms with van der Waals surface area (Å²) in [5.41, 5.74) is 1.02. The van der Waals surface area contributed by atoms with E-state index in [-0.39, 0.29) is 6.09 Å². The Balaban J connectivity index is 2.26. The molecule has 0 saturated carbocycles. The monoisotopic (exact) mass is 249 g/mol. The number of carbonyl (C=O) groups is 1. The molecule has 1 aromatic rings. The highest BCUT2D eigenvalue weighted by atomic mass is 16.6. The number of aliphatic hydroxyl groups is 1. The van der Waals surface area contributed by atoms with Crippen LogP contribution in [-0.4, -0.2) is 23.3 Å². The molecule has 1 amide bonds. The number of aliphatic hydroxyl groups excluding tert-OH is 1. The lowest BCUT2D eigenvalue weighted by Gasteiger charge is -2.33. The first-order chi connectivity index (χ1) is 8.38. The lowest BCUT2D eigenvalue weighted by Crippen LogP contribution is -2.40. The van der Waals surface area contributed by atoms with Gasteiger partial charge >= 0.3 is 6.09 Å². The summed E-state index contributed by atoms with van der Waals surface area (Å²) in [5, 5.41) is 9.91. The van der Waals surface area contributed by atoms with E-state index in [0.717, 1.165) is 11.3 Å². The molecule has 0 fully saturated rings. The van der Waals surface area contributed by atoms with E-state index in [4.69, 9.17) is 4.74 Å². The maximum atomic E-state index is 12.1. The smallest absolute Gasteiger partial charge is 0.414 e. The summed E-state index contributed by atoms with van der Waals surface area (Å²) >= 11 is 0. The third kappa shape index (κ3) is 2.64. The summed E-state index contributed by atoms with van der Waals surface area (Å²) in [5.74, 6) is 0. The van der Waals surface area contributed by atoms with E-state index >= 15 is 0 Å². The van der Waals surface area contributed by atoms with Crippen LogP contribution in [0.15, 0.2) is 24.3 Å². The Morgan fingerprint density at radius 2 is 2.06 bits per heavy atom. The minimum atomic E-state index is -0.512. The van der Waals surface area contributed by atoms with Crippen molar-refractivity contribution in [2.45, 2.75) is 38.9 Å². The highest BCUT2D eigenvalue weighted by Crippen LogP contribution is 2.34. The van der Waals surface area contributed by atoms with Crippen LogP contribution in [0.25, 0.3) is 0 Å². The second kappa shape index (κ2) is 4.61. The molecule has 1 aliphatic heterocycles. The predicted molar refractivity (Wildman–Crippen MR) is 69.6 cm³/mol. The zero-order valence-corrected chi connectivity index (χ0v) is 11.0. The van der Waals surface area contributed by atoms with Gasteiger partial charge in [-0.1, -0.05) is 18.2 Å². The van der Waals surface area contributed by atoms with Crippen molar-refractivity contribution in [1.29, 1.82) is 0 Å². The van der Waals surface area contributed by atoms with Gasteiger partial charge in [0.2, 0.25) is 0 Å². The highest BCUT2D eigenvalue weighted by molar-refractivity contribution is 5.89. The molecule has 1 atom stereocenters. The number of nitrogens with zero attached hydrogens (tertiary/aromatic N) is 1. The zero-order valence-electron chi connectivity index (χ0n) is 11.0. The molecule has 98 valence electrons. The molecule has 0 bridgehead atoms. The van der Waals surface area contributed by atoms with Crippen molar-refractivity contribution in [2.24, 2.45) is 0 Å². The van der Waals surface area contributed by atoms with Crippen molar-refractivity contribution in [3.63, 3.8) is 0 Å². The van der Waals surface area contributed by atoms with Gasteiger partial charge in [0.25, 0.3) is 0 Å². The second-order valence-electron chi connectivity index (χ2n) is 5.50. The maximum Gasteiger partial charge on any atom is 0.414 e. The molecule has 0 spiro atoms. The lowest BCUT2D eigenvalue weighted by atomic mass is 9.99. The molecule has 1 N–H and O–H groups in total. The van der Waals surface area contributed by atoms with Crippen LogP contribution < -0.4 is 4.90 Å². The van der Waals surface area contributed by atoms with E-state index in [9.17, 15) is 9.90 Å². The van der Waals surface area contributed by atoms with Gasteiger partial charge in [0, 0.05) is 12.1 Å². The molecular weight excluding hydrogens is 230 g/mol. The number of para-hydroxylation sites is 1. The summed E-state index contributed by atoms with van der Waals surface area (Å²) in [6.07, 6.45) is -0.322. The first kappa shape index (κ1) is 12.9. The van der Waals surface area contributed by atoms with Crippen LogP contribution in [0.4, 0.5) is 10.5 Å². The van der Waals surface area contributed by atoms with Gasteiger partial charge in [-0.25, -0.2) is 4.79 Å². The van der Waals surface area contributed by atoms with E-state index in [2.05, 4.69) is 0 Å². The van der Waals surface area contributed by atoms with Crippen molar-refractivity contribution in [3.8, 4) is 0 Å². The van der Waals surface area contributed by atoms with E-state index < -0.39 is 11.7 Å². The van der Waals surface area contributed by atoms with Crippen molar-refractivity contribution in [2.75, 3.05) is 11.4 Å². The predicted octanol–water partition coefficient (Wildman–Crippen LogP) is 2.87. The number of anilines is 1. The van der Waals surface area contributed by atoms with Gasteiger partial charge in [-0.3, -0.25) is 4.90 Å². The van der Waals surface area contributed by atoms with Crippen LogP contribution in [0.2, 0.25) is 0 Å². The average molecular weight is 249 g/mol. The molecule has 1 aliphatic rings. The summed E-state index contributed by atoms with van der Waals surface area (Å²) < 4.78 is 5.37. The Morgan fingerprint density at radius 3 is 2.72 bits per heavy atom. The SMILES string of the molecule is CC(C)(C)OC(=O)N1CC[C@@H](O)c2ccccc21. The number of hydrogen-bond donors (Lipinski definition) is 1. The molecule has 1 aromatic carbocycles. The van der Waals surface area contributed by atoms with Crippen LogP contribution in [0.5, 0.6) is 0 Å². The van der Waals surface area contributed by atoms with Crippen molar-refractivity contribution in [3.05, 3.63) is 29.8 Å². The van der Waals surface area contributed by atoms with Crippen LogP contribution in [0.1, 0.15) is 38.9 Å². The molecule has 4 nitrogen and oxygen atoms in total.